The van der Waals surface area contributed by atoms with Crippen LogP contribution in [0.4, 0.5) is 11.4 Å². The van der Waals surface area contributed by atoms with Crippen molar-refractivity contribution in [2.45, 2.75) is 26.3 Å². The van der Waals surface area contributed by atoms with Crippen LogP contribution in [-0.4, -0.2) is 20.6 Å². The number of carbonyl (C=O) groups is 1. The van der Waals surface area contributed by atoms with Gasteiger partial charge in [-0.05, 0) is 53.4 Å². The molecule has 156 valence electrons. The van der Waals surface area contributed by atoms with Crippen molar-refractivity contribution in [1.82, 2.24) is 0 Å². The van der Waals surface area contributed by atoms with E-state index in [0.29, 0.717) is 17.2 Å². The second-order valence-electron chi connectivity index (χ2n) is 7.53. The molecule has 0 saturated heterocycles. The van der Waals surface area contributed by atoms with Crippen LogP contribution in [0.1, 0.15) is 41.3 Å². The van der Waals surface area contributed by atoms with Crippen molar-refractivity contribution >= 4 is 27.3 Å². The van der Waals surface area contributed by atoms with E-state index in [2.05, 4.69) is 19.2 Å². The number of benzene rings is 3. The number of nitrogens with one attached hydrogen (secondary N) is 1. The van der Waals surface area contributed by atoms with Crippen LogP contribution in [0, 0.1) is 0 Å². The zero-order valence-electron chi connectivity index (χ0n) is 17.4. The van der Waals surface area contributed by atoms with E-state index in [-0.39, 0.29) is 12.5 Å². The quantitative estimate of drug-likeness (QED) is 0.581. The zero-order valence-corrected chi connectivity index (χ0v) is 18.2. The molecule has 0 aliphatic carbocycles. The van der Waals surface area contributed by atoms with Crippen molar-refractivity contribution in [2.24, 2.45) is 0 Å². The third kappa shape index (κ3) is 5.48. The Morgan fingerprint density at radius 2 is 1.50 bits per heavy atom. The summed E-state index contributed by atoms with van der Waals surface area (Å²) in [6.45, 7) is 4.44. The van der Waals surface area contributed by atoms with Gasteiger partial charge in [-0.2, -0.15) is 0 Å². The summed E-state index contributed by atoms with van der Waals surface area (Å²) in [4.78, 5) is 12.5. The Labute approximate surface area is 178 Å². The molecule has 0 spiro atoms. The number of rotatable bonds is 7. The number of para-hydroxylation sites is 1. The molecule has 30 heavy (non-hydrogen) atoms. The molecule has 0 aromatic heterocycles. The molecule has 3 rings (SSSR count). The second kappa shape index (κ2) is 9.13. The highest BCUT2D eigenvalue weighted by molar-refractivity contribution is 7.92. The van der Waals surface area contributed by atoms with Crippen LogP contribution in [-0.2, 0) is 16.6 Å². The number of hydrogen-bond donors (Lipinski definition) is 1. The van der Waals surface area contributed by atoms with Gasteiger partial charge in [-0.1, -0.05) is 56.3 Å². The molecule has 0 fully saturated rings. The summed E-state index contributed by atoms with van der Waals surface area (Å²) < 4.78 is 25.8. The fourth-order valence-electron chi connectivity index (χ4n) is 3.08. The van der Waals surface area contributed by atoms with Gasteiger partial charge < -0.3 is 5.32 Å². The van der Waals surface area contributed by atoms with Crippen molar-refractivity contribution in [1.29, 1.82) is 0 Å². The molecule has 3 aromatic rings. The smallest absolute Gasteiger partial charge is 0.255 e. The summed E-state index contributed by atoms with van der Waals surface area (Å²) in [6, 6.07) is 23.7. The van der Waals surface area contributed by atoms with Crippen molar-refractivity contribution in [3.8, 4) is 0 Å². The second-order valence-corrected chi connectivity index (χ2v) is 9.44. The topological polar surface area (TPSA) is 66.5 Å². The minimum absolute atomic E-state index is 0.196. The molecule has 0 heterocycles. The molecule has 1 N–H and O–H groups in total. The highest BCUT2D eigenvalue weighted by atomic mass is 32.2. The molecule has 3 aromatic carbocycles. The van der Waals surface area contributed by atoms with E-state index >= 15 is 0 Å². The highest BCUT2D eigenvalue weighted by Crippen LogP contribution is 2.21. The van der Waals surface area contributed by atoms with E-state index in [1.165, 1.54) is 16.1 Å². The van der Waals surface area contributed by atoms with Crippen molar-refractivity contribution in [3.05, 3.63) is 95.6 Å². The molecule has 1 amide bonds. The Hall–Kier alpha value is -3.12. The number of nitrogens with zero attached hydrogens (tertiary/aromatic N) is 1. The maximum Gasteiger partial charge on any atom is 0.255 e. The molecule has 0 aliphatic rings. The summed E-state index contributed by atoms with van der Waals surface area (Å²) in [7, 11) is -3.44. The van der Waals surface area contributed by atoms with Crippen LogP contribution in [0.25, 0.3) is 0 Å². The summed E-state index contributed by atoms with van der Waals surface area (Å²) in [5.41, 5.74) is 3.86. The molecule has 0 atom stereocenters. The van der Waals surface area contributed by atoms with Gasteiger partial charge in [0.1, 0.15) is 0 Å². The highest BCUT2D eigenvalue weighted by Gasteiger charge is 2.18. The molecule has 6 heteroatoms. The molecule has 0 bridgehead atoms. The van der Waals surface area contributed by atoms with E-state index in [1.54, 1.807) is 48.5 Å². The van der Waals surface area contributed by atoms with Crippen LogP contribution in [0.15, 0.2) is 78.9 Å². The minimum Gasteiger partial charge on any atom is -0.322 e. The van der Waals surface area contributed by atoms with E-state index in [4.69, 9.17) is 0 Å². The van der Waals surface area contributed by atoms with Crippen LogP contribution in [0.5, 0.6) is 0 Å². The van der Waals surface area contributed by atoms with Gasteiger partial charge in [0.25, 0.3) is 5.91 Å². The van der Waals surface area contributed by atoms with Gasteiger partial charge >= 0.3 is 0 Å². The van der Waals surface area contributed by atoms with E-state index in [1.807, 2.05) is 30.3 Å². The van der Waals surface area contributed by atoms with Crippen LogP contribution in [0.3, 0.4) is 0 Å². The first kappa shape index (κ1) is 21.6. The van der Waals surface area contributed by atoms with Gasteiger partial charge in [0.05, 0.1) is 18.5 Å². The number of sulfonamides is 1. The molecule has 5 nitrogen and oxygen atoms in total. The summed E-state index contributed by atoms with van der Waals surface area (Å²) in [6.07, 6.45) is 1.19. The van der Waals surface area contributed by atoms with Crippen LogP contribution >= 0.6 is 0 Å². The van der Waals surface area contributed by atoms with E-state index < -0.39 is 10.0 Å². The van der Waals surface area contributed by atoms with Crippen molar-refractivity contribution in [2.75, 3.05) is 15.9 Å². The first-order chi connectivity index (χ1) is 14.2. The van der Waals surface area contributed by atoms with Crippen molar-refractivity contribution in [3.63, 3.8) is 0 Å². The van der Waals surface area contributed by atoms with Gasteiger partial charge in [0.2, 0.25) is 10.0 Å². The SMILES string of the molecule is CC(C)c1ccc(NC(=O)c2ccc(CN(c3ccccc3)S(C)(=O)=O)cc2)cc1. The largest absolute Gasteiger partial charge is 0.322 e. The predicted molar refractivity (Wildman–Crippen MR) is 122 cm³/mol. The third-order valence-electron chi connectivity index (χ3n) is 4.82. The average molecular weight is 423 g/mol. The van der Waals surface area contributed by atoms with Crippen LogP contribution < -0.4 is 9.62 Å². The summed E-state index contributed by atoms with van der Waals surface area (Å²) in [5, 5.41) is 2.89. The Bertz CT molecular complexity index is 1090. The monoisotopic (exact) mass is 422 g/mol. The van der Waals surface area contributed by atoms with Gasteiger partial charge in [-0.15, -0.1) is 0 Å². The zero-order chi connectivity index (χ0) is 21.7. The lowest BCUT2D eigenvalue weighted by Crippen LogP contribution is -2.29. The average Bonchev–Trinajstić information content (AvgIpc) is 2.72. The lowest BCUT2D eigenvalue weighted by Gasteiger charge is -2.22. The standard InChI is InChI=1S/C24H26N2O3S/c1-18(2)20-13-15-22(16-14-20)25-24(27)21-11-9-19(10-12-21)17-26(30(3,28)29)23-7-5-4-6-8-23/h4-16,18H,17H2,1-3H3,(H,25,27). The van der Waals surface area contributed by atoms with Gasteiger partial charge in [-0.3, -0.25) is 9.10 Å². The van der Waals surface area contributed by atoms with Crippen LogP contribution in [0.2, 0.25) is 0 Å². The lowest BCUT2D eigenvalue weighted by atomic mass is 10.0. The number of carbonyl (C=O) groups excluding carboxylic acids is 1. The van der Waals surface area contributed by atoms with E-state index in [9.17, 15) is 13.2 Å². The first-order valence-electron chi connectivity index (χ1n) is 9.77. The first-order valence-corrected chi connectivity index (χ1v) is 11.6. The fraction of sp³-hybridized carbons (Fsp3) is 0.208. The molecular weight excluding hydrogens is 396 g/mol. The number of anilines is 2. The Morgan fingerprint density at radius 1 is 0.900 bits per heavy atom. The van der Waals surface area contributed by atoms with E-state index in [0.717, 1.165) is 11.3 Å². The Balaban J connectivity index is 1.71. The molecule has 0 aliphatic heterocycles. The lowest BCUT2D eigenvalue weighted by molar-refractivity contribution is 0.102. The Morgan fingerprint density at radius 3 is 2.03 bits per heavy atom. The third-order valence-corrected chi connectivity index (χ3v) is 5.96. The molecular formula is C24H26N2O3S. The van der Waals surface area contributed by atoms with Gasteiger partial charge in [0.15, 0.2) is 0 Å². The number of amides is 1. The van der Waals surface area contributed by atoms with Gasteiger partial charge in [-0.25, -0.2) is 8.42 Å². The maximum atomic E-state index is 12.5. The molecule has 0 saturated carbocycles. The molecule has 0 unspecified atom stereocenters. The number of hydrogen-bond acceptors (Lipinski definition) is 3. The molecule has 0 radical (unpaired) electrons. The van der Waals surface area contributed by atoms with Crippen molar-refractivity contribution < 1.29 is 13.2 Å². The predicted octanol–water partition coefficient (Wildman–Crippen LogP) is 5.03. The Kier molecular flexibility index (Phi) is 6.57. The fourth-order valence-corrected chi connectivity index (χ4v) is 3.96. The summed E-state index contributed by atoms with van der Waals surface area (Å²) in [5.74, 6) is 0.228. The minimum atomic E-state index is -3.44. The normalized spacial score (nSPS) is 11.3. The van der Waals surface area contributed by atoms with Gasteiger partial charge in [0, 0.05) is 11.3 Å². The summed E-state index contributed by atoms with van der Waals surface area (Å²) >= 11 is 0. The maximum absolute atomic E-state index is 12.5.